The van der Waals surface area contributed by atoms with E-state index in [1.807, 2.05) is 0 Å². The van der Waals surface area contributed by atoms with E-state index in [0.717, 1.165) is 0 Å². The van der Waals surface area contributed by atoms with E-state index < -0.39 is 39.0 Å². The maximum absolute atomic E-state index is 10.7. The molecule has 1 saturated heterocycles. The summed E-state index contributed by atoms with van der Waals surface area (Å²) >= 11 is 0. The van der Waals surface area contributed by atoms with Crippen LogP contribution in [0.1, 0.15) is 0 Å². The molecule has 0 aliphatic carbocycles. The van der Waals surface area contributed by atoms with Crippen molar-refractivity contribution < 1.29 is 38.7 Å². The number of aliphatic imine (C=N–C) groups is 1. The average molecular weight is 337 g/mol. The first kappa shape index (κ1) is 17.1. The van der Waals surface area contributed by atoms with Gasteiger partial charge in [0.25, 0.3) is 0 Å². The fraction of sp³-hybridized carbons (Fsp3) is 0.500. The van der Waals surface area contributed by atoms with Gasteiger partial charge in [0.2, 0.25) is 5.90 Å². The zero-order valence-electron chi connectivity index (χ0n) is 11.2. The Morgan fingerprint density at radius 3 is 2.68 bits per heavy atom. The Bertz CT molecular complexity index is 546. The van der Waals surface area contributed by atoms with Crippen LogP contribution in [0.15, 0.2) is 29.7 Å². The summed E-state index contributed by atoms with van der Waals surface area (Å²) in [6, 6.07) is 0. The molecule has 2 heterocycles. The van der Waals surface area contributed by atoms with E-state index in [2.05, 4.69) is 20.9 Å². The van der Waals surface area contributed by atoms with Crippen molar-refractivity contribution >= 4 is 13.7 Å². The Morgan fingerprint density at radius 1 is 1.45 bits per heavy atom. The minimum absolute atomic E-state index is 0.0932. The highest BCUT2D eigenvalue weighted by atomic mass is 31.2. The molecule has 2 aliphatic heterocycles. The highest BCUT2D eigenvalue weighted by Gasteiger charge is 2.46. The van der Waals surface area contributed by atoms with Crippen LogP contribution in [0.25, 0.3) is 0 Å². The number of hydrogen-bond donors (Lipinski definition) is 5. The van der Waals surface area contributed by atoms with Gasteiger partial charge < -0.3 is 34.5 Å². The molecule has 0 saturated carbocycles. The molecule has 0 bridgehead atoms. The van der Waals surface area contributed by atoms with E-state index in [4.69, 9.17) is 20.4 Å². The van der Waals surface area contributed by atoms with Crippen LogP contribution in [0.3, 0.4) is 0 Å². The topological polar surface area (TPSA) is 167 Å². The summed E-state index contributed by atoms with van der Waals surface area (Å²) in [5.74, 6) is 5.19. The van der Waals surface area contributed by atoms with E-state index in [-0.39, 0.29) is 11.7 Å². The molecule has 0 amide bonds. The Balaban J connectivity index is 2.05. The number of phosphoric acid groups is 1. The predicted molar refractivity (Wildman–Crippen MR) is 71.5 cm³/mol. The van der Waals surface area contributed by atoms with Crippen LogP contribution < -0.4 is 5.90 Å². The lowest BCUT2D eigenvalue weighted by Gasteiger charge is -2.30. The highest BCUT2D eigenvalue weighted by Crippen LogP contribution is 2.37. The van der Waals surface area contributed by atoms with Crippen molar-refractivity contribution in [1.29, 1.82) is 0 Å². The predicted octanol–water partition coefficient (Wildman–Crippen LogP) is -1.87. The molecule has 124 valence electrons. The Kier molecular flexibility index (Phi) is 5.00. The van der Waals surface area contributed by atoms with E-state index in [1.165, 1.54) is 17.2 Å². The normalized spacial score (nSPS) is 32.3. The van der Waals surface area contributed by atoms with Gasteiger partial charge in [0.15, 0.2) is 6.23 Å². The number of aliphatic hydroxyl groups excluding tert-OH is 2. The van der Waals surface area contributed by atoms with E-state index in [0.29, 0.717) is 0 Å². The molecule has 0 aromatic rings. The van der Waals surface area contributed by atoms with Gasteiger partial charge in [0.05, 0.1) is 6.61 Å². The zero-order valence-corrected chi connectivity index (χ0v) is 12.1. The molecule has 4 atom stereocenters. The van der Waals surface area contributed by atoms with Crippen molar-refractivity contribution in [2.75, 3.05) is 6.61 Å². The van der Waals surface area contributed by atoms with Crippen molar-refractivity contribution in [3.8, 4) is 0 Å². The lowest BCUT2D eigenvalue weighted by atomic mass is 10.1. The van der Waals surface area contributed by atoms with Crippen LogP contribution in [0.5, 0.6) is 0 Å². The fourth-order valence-corrected chi connectivity index (χ4v) is 2.36. The number of phosphoric ester groups is 1. The molecule has 12 heteroatoms. The van der Waals surface area contributed by atoms with Crippen LogP contribution in [0.4, 0.5) is 0 Å². The van der Waals surface area contributed by atoms with E-state index in [9.17, 15) is 14.8 Å². The Morgan fingerprint density at radius 2 is 2.14 bits per heavy atom. The van der Waals surface area contributed by atoms with Crippen molar-refractivity contribution in [3.05, 3.63) is 24.7 Å². The van der Waals surface area contributed by atoms with Crippen LogP contribution >= 0.6 is 7.82 Å². The molecule has 0 aromatic carbocycles. The summed E-state index contributed by atoms with van der Waals surface area (Å²) < 4.78 is 20.3. The van der Waals surface area contributed by atoms with Crippen molar-refractivity contribution in [2.24, 2.45) is 10.9 Å². The number of ether oxygens (including phenoxy) is 1. The molecule has 6 N–H and O–H groups in total. The van der Waals surface area contributed by atoms with Crippen LogP contribution in [0.2, 0.25) is 0 Å². The van der Waals surface area contributed by atoms with Gasteiger partial charge in [0, 0.05) is 12.3 Å². The Hall–Kier alpha value is -1.30. The number of nitrogens with two attached hydrogens (primary N) is 1. The molecular formula is C10H16N3O8P. The lowest BCUT2D eigenvalue weighted by molar-refractivity contribution is -0.0687. The van der Waals surface area contributed by atoms with Crippen molar-refractivity contribution in [3.63, 3.8) is 0 Å². The van der Waals surface area contributed by atoms with Gasteiger partial charge in [-0.15, -0.1) is 0 Å². The number of aliphatic hydroxyl groups is 2. The summed E-state index contributed by atoms with van der Waals surface area (Å²) in [7, 11) is -4.71. The van der Waals surface area contributed by atoms with Crippen LogP contribution in [0, 0.1) is 0 Å². The molecule has 22 heavy (non-hydrogen) atoms. The lowest BCUT2D eigenvalue weighted by Crippen LogP contribution is -2.41. The molecule has 0 radical (unpaired) electrons. The third-order valence-electron chi connectivity index (χ3n) is 3.05. The first-order valence-electron chi connectivity index (χ1n) is 6.05. The second-order valence-electron chi connectivity index (χ2n) is 4.54. The molecule has 0 spiro atoms. The standard InChI is InChI=1S/C10H16N3O8P/c1-5-12-7(21-11)2-3-13(5)10-9(15)8(14)6(20-10)4-19-22(16,17)18/h2-3,6,8-10,14-15H,1,4,11H2,(H2,16,17,18)/t6-,8?,9+,10-/m1/s1. The maximum atomic E-state index is 10.7. The van der Waals surface area contributed by atoms with Gasteiger partial charge in [-0.3, -0.25) is 4.52 Å². The quantitative estimate of drug-likeness (QED) is 0.289. The van der Waals surface area contributed by atoms with Gasteiger partial charge in [-0.05, 0) is 0 Å². The van der Waals surface area contributed by atoms with Gasteiger partial charge in [0.1, 0.15) is 24.1 Å². The molecule has 11 nitrogen and oxygen atoms in total. The van der Waals surface area contributed by atoms with E-state index >= 15 is 0 Å². The summed E-state index contributed by atoms with van der Waals surface area (Å²) in [6.45, 7) is 3.04. The summed E-state index contributed by atoms with van der Waals surface area (Å²) in [5.41, 5.74) is 0. The van der Waals surface area contributed by atoms with E-state index in [1.54, 1.807) is 0 Å². The maximum Gasteiger partial charge on any atom is 0.469 e. The minimum Gasteiger partial charge on any atom is -0.391 e. The average Bonchev–Trinajstić information content (AvgIpc) is 2.72. The smallest absolute Gasteiger partial charge is 0.391 e. The van der Waals surface area contributed by atoms with Gasteiger partial charge in [-0.25, -0.2) is 4.57 Å². The fourth-order valence-electron chi connectivity index (χ4n) is 2.02. The zero-order chi connectivity index (χ0) is 16.5. The first-order chi connectivity index (χ1) is 10.2. The monoisotopic (exact) mass is 337 g/mol. The molecule has 2 aliphatic rings. The van der Waals surface area contributed by atoms with Crippen LogP contribution in [-0.4, -0.2) is 61.9 Å². The van der Waals surface area contributed by atoms with Crippen LogP contribution in [-0.2, 0) is 18.7 Å². The molecular weight excluding hydrogens is 321 g/mol. The Labute approximate surface area is 125 Å². The highest BCUT2D eigenvalue weighted by molar-refractivity contribution is 7.46. The SMILES string of the molecule is C=C1N=C(ON)C=CN1[C@@H]1O[C@H](COP(=O)(O)O)C(O)[C@@H]1O. The first-order valence-corrected chi connectivity index (χ1v) is 7.58. The molecule has 0 aromatic heterocycles. The van der Waals surface area contributed by atoms with Crippen molar-refractivity contribution in [1.82, 2.24) is 4.90 Å². The second kappa shape index (κ2) is 6.44. The number of rotatable bonds is 4. The molecule has 2 rings (SSSR count). The molecule has 1 fully saturated rings. The minimum atomic E-state index is -4.71. The van der Waals surface area contributed by atoms with Crippen molar-refractivity contribution in [2.45, 2.75) is 24.5 Å². The van der Waals surface area contributed by atoms with Gasteiger partial charge in [-0.2, -0.15) is 10.9 Å². The van der Waals surface area contributed by atoms with Gasteiger partial charge in [-0.1, -0.05) is 6.58 Å². The third-order valence-corrected chi connectivity index (χ3v) is 3.54. The largest absolute Gasteiger partial charge is 0.469 e. The number of hydrogen-bond acceptors (Lipinski definition) is 9. The molecule has 1 unspecified atom stereocenters. The summed E-state index contributed by atoms with van der Waals surface area (Å²) in [5, 5.41) is 19.9. The summed E-state index contributed by atoms with van der Waals surface area (Å²) in [6.07, 6.45) is -2.17. The second-order valence-corrected chi connectivity index (χ2v) is 5.78. The third kappa shape index (κ3) is 3.72. The number of nitrogens with zero attached hydrogens (tertiary/aromatic N) is 2. The summed E-state index contributed by atoms with van der Waals surface area (Å²) in [4.78, 5) is 26.9. The van der Waals surface area contributed by atoms with Gasteiger partial charge >= 0.3 is 7.82 Å².